The van der Waals surface area contributed by atoms with E-state index in [1.807, 2.05) is 18.2 Å². The molecule has 1 aliphatic carbocycles. The first-order chi connectivity index (χ1) is 14.0. The zero-order valence-corrected chi connectivity index (χ0v) is 17.5. The van der Waals surface area contributed by atoms with Crippen LogP contribution in [0.25, 0.3) is 16.1 Å². The maximum atomic E-state index is 12.2. The number of azide groups is 1. The van der Waals surface area contributed by atoms with Crippen LogP contribution < -0.4 is 10.6 Å². The number of fused-ring (bicyclic) bond motifs is 2. The second-order valence-corrected chi connectivity index (χ2v) is 9.55. The molecule has 0 fully saturated rings. The molecule has 2 atom stereocenters. The van der Waals surface area contributed by atoms with Crippen molar-refractivity contribution in [2.24, 2.45) is 10.8 Å². The van der Waals surface area contributed by atoms with E-state index in [4.69, 9.17) is 5.53 Å². The van der Waals surface area contributed by atoms with E-state index < -0.39 is 8.07 Å². The van der Waals surface area contributed by atoms with Crippen molar-refractivity contribution in [3.8, 4) is 0 Å². The topological polar surface area (TPSA) is 119 Å². The Labute approximate surface area is 170 Å². The lowest BCUT2D eigenvalue weighted by Gasteiger charge is -2.22. The van der Waals surface area contributed by atoms with E-state index in [-0.39, 0.29) is 12.1 Å². The van der Waals surface area contributed by atoms with Crippen LogP contribution in [0.4, 0.5) is 11.4 Å². The fourth-order valence-electron chi connectivity index (χ4n) is 3.92. The molecule has 4 rings (SSSR count). The van der Waals surface area contributed by atoms with Crippen molar-refractivity contribution in [2.75, 3.05) is 23.5 Å². The minimum atomic E-state index is -1.01. The normalized spacial score (nSPS) is 18.4. The second kappa shape index (κ2) is 8.27. The summed E-state index contributed by atoms with van der Waals surface area (Å²) in [6.07, 6.45) is 6.51. The van der Waals surface area contributed by atoms with E-state index in [9.17, 15) is 4.79 Å². The monoisotopic (exact) mass is 409 g/mol. The SMILES string of the molecule is CC1CCc2c(C3=CCc4ccc(NC(=O)CP(C)N=[N+]=[N-])cc4N3)n[nH]c2C1. The number of aromatic nitrogens is 2. The second-order valence-electron chi connectivity index (χ2n) is 7.74. The predicted molar refractivity (Wildman–Crippen MR) is 117 cm³/mol. The maximum absolute atomic E-state index is 12.2. The number of aromatic amines is 1. The highest BCUT2D eigenvalue weighted by Gasteiger charge is 2.24. The van der Waals surface area contributed by atoms with E-state index in [1.54, 1.807) is 6.66 Å². The number of carbonyl (C=O) groups excluding carboxylic acids is 1. The molecule has 1 aromatic carbocycles. The third-order valence-electron chi connectivity index (χ3n) is 5.40. The Morgan fingerprint density at radius 1 is 1.48 bits per heavy atom. The molecule has 2 unspecified atom stereocenters. The third-order valence-corrected chi connectivity index (χ3v) is 6.53. The lowest BCUT2D eigenvalue weighted by Crippen LogP contribution is -2.16. The molecule has 150 valence electrons. The number of hydrogen-bond donors (Lipinski definition) is 3. The van der Waals surface area contributed by atoms with Crippen molar-refractivity contribution in [1.82, 2.24) is 10.2 Å². The molecule has 0 spiro atoms. The minimum absolute atomic E-state index is 0.145. The minimum Gasteiger partial charge on any atom is -0.354 e. The zero-order valence-electron chi connectivity index (χ0n) is 16.6. The van der Waals surface area contributed by atoms with Gasteiger partial charge in [0.05, 0.1) is 11.9 Å². The summed E-state index contributed by atoms with van der Waals surface area (Å²) in [5, 5.41) is 14.2. The highest BCUT2D eigenvalue weighted by molar-refractivity contribution is 7.56. The quantitative estimate of drug-likeness (QED) is 0.284. The number of hydrogen-bond acceptors (Lipinski definition) is 4. The summed E-state index contributed by atoms with van der Waals surface area (Å²) in [6, 6.07) is 5.88. The van der Waals surface area contributed by atoms with Crippen LogP contribution in [0.2, 0.25) is 0 Å². The van der Waals surface area contributed by atoms with E-state index >= 15 is 0 Å². The van der Waals surface area contributed by atoms with Gasteiger partial charge < -0.3 is 10.6 Å². The van der Waals surface area contributed by atoms with Gasteiger partial charge in [-0.15, -0.1) is 0 Å². The fraction of sp³-hybridized carbons (Fsp3) is 0.400. The van der Waals surface area contributed by atoms with E-state index in [2.05, 4.69) is 43.6 Å². The Morgan fingerprint density at radius 3 is 3.17 bits per heavy atom. The number of carbonyl (C=O) groups is 1. The Morgan fingerprint density at radius 2 is 2.34 bits per heavy atom. The number of anilines is 2. The largest absolute Gasteiger partial charge is 0.354 e. The molecule has 29 heavy (non-hydrogen) atoms. The molecule has 2 aromatic rings. The van der Waals surface area contributed by atoms with Crippen LogP contribution in [0.5, 0.6) is 0 Å². The first-order valence-electron chi connectivity index (χ1n) is 9.76. The molecule has 2 heterocycles. The standard InChI is InChI=1S/C20H24N7OP/c1-12-3-7-15-18(9-12)24-25-20(15)16-8-5-13-4-6-14(10-17(13)23-16)22-19(28)11-29(2)27-26-21/h4,6,8,10,12,23H,3,5,7,9,11H2,1-2H3,(H,22,28)(H,24,25). The van der Waals surface area contributed by atoms with E-state index in [0.717, 1.165) is 42.0 Å². The Balaban J connectivity index is 1.49. The summed E-state index contributed by atoms with van der Waals surface area (Å²) in [7, 11) is -1.01. The van der Waals surface area contributed by atoms with Crippen molar-refractivity contribution < 1.29 is 4.79 Å². The molecule has 0 radical (unpaired) electrons. The maximum Gasteiger partial charge on any atom is 0.228 e. The van der Waals surface area contributed by atoms with Gasteiger partial charge in [0.1, 0.15) is 5.69 Å². The van der Waals surface area contributed by atoms with Gasteiger partial charge in [0.25, 0.3) is 0 Å². The molecule has 0 saturated carbocycles. The van der Waals surface area contributed by atoms with Crippen LogP contribution in [0.3, 0.4) is 0 Å². The van der Waals surface area contributed by atoms with Gasteiger partial charge in [-0.2, -0.15) is 5.10 Å². The molecule has 0 saturated heterocycles. The number of amides is 1. The molecule has 1 aromatic heterocycles. The van der Waals surface area contributed by atoms with Gasteiger partial charge in [0, 0.05) is 27.5 Å². The lowest BCUT2D eigenvalue weighted by atomic mass is 9.87. The number of rotatable bonds is 5. The highest BCUT2D eigenvalue weighted by atomic mass is 31.1. The summed E-state index contributed by atoms with van der Waals surface area (Å²) in [6.45, 7) is 4.06. The molecule has 3 N–H and O–H groups in total. The number of H-pyrrole nitrogens is 1. The van der Waals surface area contributed by atoms with Gasteiger partial charge in [-0.25, -0.2) is 0 Å². The van der Waals surface area contributed by atoms with Crippen molar-refractivity contribution in [3.63, 3.8) is 0 Å². The van der Waals surface area contributed by atoms with Gasteiger partial charge in [-0.05, 0) is 69.6 Å². The molecular weight excluding hydrogens is 385 g/mol. The van der Waals surface area contributed by atoms with Crippen LogP contribution in [-0.2, 0) is 24.1 Å². The average Bonchev–Trinajstić information content (AvgIpc) is 3.10. The highest BCUT2D eigenvalue weighted by Crippen LogP contribution is 2.35. The smallest absolute Gasteiger partial charge is 0.228 e. The number of nitrogens with one attached hydrogen (secondary N) is 3. The average molecular weight is 409 g/mol. The van der Waals surface area contributed by atoms with Crippen molar-refractivity contribution in [1.29, 1.82) is 0 Å². The molecule has 2 aliphatic rings. The number of nitrogens with zero attached hydrogens (tertiary/aromatic N) is 4. The predicted octanol–water partition coefficient (Wildman–Crippen LogP) is 4.82. The van der Waals surface area contributed by atoms with Gasteiger partial charge in [0.2, 0.25) is 5.91 Å². The van der Waals surface area contributed by atoms with Crippen molar-refractivity contribution in [2.45, 2.75) is 32.6 Å². The van der Waals surface area contributed by atoms with Gasteiger partial charge in [-0.3, -0.25) is 9.89 Å². The molecule has 0 bridgehead atoms. The summed E-state index contributed by atoms with van der Waals surface area (Å²) in [5.74, 6) is 0.548. The van der Waals surface area contributed by atoms with Gasteiger partial charge >= 0.3 is 0 Å². The molecule has 1 aliphatic heterocycles. The van der Waals surface area contributed by atoms with E-state index in [1.165, 1.54) is 23.2 Å². The van der Waals surface area contributed by atoms with Crippen molar-refractivity contribution >= 4 is 31.1 Å². The first kappa shape index (κ1) is 19.5. The van der Waals surface area contributed by atoms with Crippen LogP contribution in [0.15, 0.2) is 29.2 Å². The number of benzene rings is 1. The molecule has 9 heteroatoms. The van der Waals surface area contributed by atoms with Crippen LogP contribution >= 0.6 is 8.07 Å². The van der Waals surface area contributed by atoms with Crippen molar-refractivity contribution in [3.05, 3.63) is 57.2 Å². The van der Waals surface area contributed by atoms with Gasteiger partial charge in [-0.1, -0.05) is 24.0 Å². The van der Waals surface area contributed by atoms with Crippen LogP contribution in [0.1, 0.15) is 35.9 Å². The summed E-state index contributed by atoms with van der Waals surface area (Å²) in [5.41, 5.74) is 16.0. The summed E-state index contributed by atoms with van der Waals surface area (Å²) >= 11 is 0. The molecular formula is C20H24N7OP. The first-order valence-corrected chi connectivity index (χ1v) is 11.7. The zero-order chi connectivity index (χ0) is 20.4. The van der Waals surface area contributed by atoms with Gasteiger partial charge in [0.15, 0.2) is 0 Å². The molecule has 8 nitrogen and oxygen atoms in total. The Bertz CT molecular complexity index is 1020. The van der Waals surface area contributed by atoms with Crippen LogP contribution in [-0.4, -0.2) is 28.9 Å². The third kappa shape index (κ3) is 4.29. The Hall–Kier alpha value is -2.82. The Kier molecular flexibility index (Phi) is 5.56. The van der Waals surface area contributed by atoms with E-state index in [0.29, 0.717) is 5.92 Å². The summed E-state index contributed by atoms with van der Waals surface area (Å²) < 4.78 is 0. The summed E-state index contributed by atoms with van der Waals surface area (Å²) in [4.78, 5) is 18.6. The van der Waals surface area contributed by atoms with Crippen LogP contribution in [0, 0.1) is 5.92 Å². The fourth-order valence-corrected chi connectivity index (χ4v) is 4.62. The molecule has 1 amide bonds. The number of allylic oxidation sites excluding steroid dienone is 1. The lowest BCUT2D eigenvalue weighted by molar-refractivity contribution is -0.113.